The van der Waals surface area contributed by atoms with Crippen molar-refractivity contribution in [1.29, 1.82) is 0 Å². The van der Waals surface area contributed by atoms with Crippen molar-refractivity contribution in [2.75, 3.05) is 5.32 Å². The van der Waals surface area contributed by atoms with Gasteiger partial charge in [-0.1, -0.05) is 0 Å². The van der Waals surface area contributed by atoms with E-state index >= 15 is 0 Å². The van der Waals surface area contributed by atoms with Gasteiger partial charge >= 0.3 is 12.4 Å². The summed E-state index contributed by atoms with van der Waals surface area (Å²) < 4.78 is 99.1. The molecule has 0 aliphatic rings. The van der Waals surface area contributed by atoms with Crippen LogP contribution >= 0.6 is 0 Å². The molecule has 0 radical (unpaired) electrons. The predicted octanol–water partition coefficient (Wildman–Crippen LogP) is 3.62. The smallest absolute Gasteiger partial charge is 0.322 e. The molecule has 0 spiro atoms. The fourth-order valence-electron chi connectivity index (χ4n) is 2.02. The van der Waals surface area contributed by atoms with E-state index in [-0.39, 0.29) is 28.8 Å². The molecule has 12 heteroatoms. The lowest BCUT2D eigenvalue weighted by molar-refractivity contribution is -0.143. The SMILES string of the molecule is NS(=O)(=O)c1ccc(NC(=O)c2cc(C(F)(F)F)cc(C(F)(F)F)c2)cc1. The maximum atomic E-state index is 12.8. The number of halogens is 6. The highest BCUT2D eigenvalue weighted by Gasteiger charge is 2.37. The second-order valence-electron chi connectivity index (χ2n) is 5.32. The van der Waals surface area contributed by atoms with E-state index in [9.17, 15) is 39.6 Å². The molecular formula is C15H10F6N2O3S. The normalized spacial score (nSPS) is 12.7. The summed E-state index contributed by atoms with van der Waals surface area (Å²) in [6, 6.07) is 4.65. The molecule has 27 heavy (non-hydrogen) atoms. The summed E-state index contributed by atoms with van der Waals surface area (Å²) in [5.41, 5.74) is -4.19. The van der Waals surface area contributed by atoms with Crippen LogP contribution in [-0.2, 0) is 22.4 Å². The fraction of sp³-hybridized carbons (Fsp3) is 0.133. The molecule has 0 unspecified atom stereocenters. The average molecular weight is 412 g/mol. The Balaban J connectivity index is 2.38. The quantitative estimate of drug-likeness (QED) is 0.755. The molecule has 0 aliphatic carbocycles. The van der Waals surface area contributed by atoms with Gasteiger partial charge in [-0.15, -0.1) is 0 Å². The van der Waals surface area contributed by atoms with Gasteiger partial charge < -0.3 is 5.32 Å². The summed E-state index contributed by atoms with van der Waals surface area (Å²) in [7, 11) is -4.01. The third-order valence-corrected chi connectivity index (χ3v) is 4.22. The van der Waals surface area contributed by atoms with Crippen molar-refractivity contribution in [1.82, 2.24) is 0 Å². The number of rotatable bonds is 3. The minimum Gasteiger partial charge on any atom is -0.322 e. The van der Waals surface area contributed by atoms with Crippen molar-refractivity contribution in [3.63, 3.8) is 0 Å². The Labute approximate surface area is 148 Å². The molecule has 0 fully saturated rings. The van der Waals surface area contributed by atoms with E-state index in [4.69, 9.17) is 5.14 Å². The number of benzene rings is 2. The van der Waals surface area contributed by atoms with Gasteiger partial charge in [0.05, 0.1) is 16.0 Å². The molecule has 146 valence electrons. The molecule has 2 aromatic carbocycles. The molecule has 0 bridgehead atoms. The van der Waals surface area contributed by atoms with Crippen LogP contribution in [-0.4, -0.2) is 14.3 Å². The topological polar surface area (TPSA) is 89.3 Å². The van der Waals surface area contributed by atoms with Crippen LogP contribution in [0.3, 0.4) is 0 Å². The van der Waals surface area contributed by atoms with Crippen LogP contribution < -0.4 is 10.5 Å². The van der Waals surface area contributed by atoms with Crippen LogP contribution in [0.25, 0.3) is 0 Å². The standard InChI is InChI=1S/C15H10F6N2O3S/c16-14(17,18)9-5-8(6-10(7-9)15(19,20)21)13(24)23-11-1-3-12(4-2-11)27(22,25)26/h1-7H,(H,23,24)(H2,22,25,26). The first-order valence-electron chi connectivity index (χ1n) is 6.91. The van der Waals surface area contributed by atoms with Crippen LogP contribution in [0, 0.1) is 0 Å². The van der Waals surface area contributed by atoms with Gasteiger partial charge in [0.25, 0.3) is 5.91 Å². The molecule has 2 aromatic rings. The van der Waals surface area contributed by atoms with Crippen molar-refractivity contribution in [2.45, 2.75) is 17.2 Å². The zero-order chi connectivity index (χ0) is 20.6. The second kappa shape index (κ2) is 6.85. The van der Waals surface area contributed by atoms with E-state index in [1.54, 1.807) is 0 Å². The number of nitrogens with two attached hydrogens (primary N) is 1. The number of hydrogen-bond donors (Lipinski definition) is 2. The molecule has 0 aromatic heterocycles. The van der Waals surface area contributed by atoms with Crippen molar-refractivity contribution in [3.05, 3.63) is 59.2 Å². The zero-order valence-corrected chi connectivity index (χ0v) is 13.8. The summed E-state index contributed by atoms with van der Waals surface area (Å²) >= 11 is 0. The van der Waals surface area contributed by atoms with Gasteiger partial charge in [-0.05, 0) is 42.5 Å². The van der Waals surface area contributed by atoms with Crippen LogP contribution in [0.15, 0.2) is 47.4 Å². The molecule has 1 amide bonds. The molecule has 0 aliphatic heterocycles. The number of carbonyl (C=O) groups excluding carboxylic acids is 1. The Morgan fingerprint density at radius 3 is 1.67 bits per heavy atom. The van der Waals surface area contributed by atoms with Gasteiger partial charge in [0.15, 0.2) is 0 Å². The average Bonchev–Trinajstić information content (AvgIpc) is 2.52. The Kier molecular flexibility index (Phi) is 5.25. The van der Waals surface area contributed by atoms with Crippen molar-refractivity contribution in [3.8, 4) is 0 Å². The summed E-state index contributed by atoms with van der Waals surface area (Å²) in [6.45, 7) is 0. The Bertz CT molecular complexity index is 934. The molecule has 5 nitrogen and oxygen atoms in total. The monoisotopic (exact) mass is 412 g/mol. The lowest BCUT2D eigenvalue weighted by Crippen LogP contribution is -2.17. The number of nitrogens with one attached hydrogen (secondary N) is 1. The van der Waals surface area contributed by atoms with Gasteiger partial charge in [-0.3, -0.25) is 4.79 Å². The van der Waals surface area contributed by atoms with Crippen LogP contribution in [0.4, 0.5) is 32.0 Å². The van der Waals surface area contributed by atoms with Crippen LogP contribution in [0.5, 0.6) is 0 Å². The minimum atomic E-state index is -5.09. The van der Waals surface area contributed by atoms with Crippen molar-refractivity contribution >= 4 is 21.6 Å². The van der Waals surface area contributed by atoms with E-state index < -0.39 is 45.0 Å². The predicted molar refractivity (Wildman–Crippen MR) is 82.2 cm³/mol. The van der Waals surface area contributed by atoms with E-state index in [1.165, 1.54) is 0 Å². The maximum absolute atomic E-state index is 12.8. The number of anilines is 1. The van der Waals surface area contributed by atoms with E-state index in [0.29, 0.717) is 0 Å². The zero-order valence-electron chi connectivity index (χ0n) is 13.0. The molecule has 0 saturated carbocycles. The minimum absolute atomic E-state index is 0.0571. The first-order valence-corrected chi connectivity index (χ1v) is 8.46. The first kappa shape index (κ1) is 20.7. The van der Waals surface area contributed by atoms with Gasteiger partial charge in [-0.2, -0.15) is 26.3 Å². The second-order valence-corrected chi connectivity index (χ2v) is 6.88. The van der Waals surface area contributed by atoms with E-state index in [2.05, 4.69) is 5.32 Å². The highest BCUT2D eigenvalue weighted by atomic mass is 32.2. The number of amides is 1. The number of primary sulfonamides is 1. The number of hydrogen-bond acceptors (Lipinski definition) is 3. The van der Waals surface area contributed by atoms with Crippen molar-refractivity contribution < 1.29 is 39.6 Å². The fourth-order valence-corrected chi connectivity index (χ4v) is 2.53. The van der Waals surface area contributed by atoms with E-state index in [1.807, 2.05) is 0 Å². The lowest BCUT2D eigenvalue weighted by atomic mass is 10.0. The Morgan fingerprint density at radius 2 is 1.30 bits per heavy atom. The van der Waals surface area contributed by atoms with Crippen LogP contribution in [0.2, 0.25) is 0 Å². The van der Waals surface area contributed by atoms with Crippen molar-refractivity contribution in [2.24, 2.45) is 5.14 Å². The van der Waals surface area contributed by atoms with Crippen LogP contribution in [0.1, 0.15) is 21.5 Å². The molecule has 2 rings (SSSR count). The van der Waals surface area contributed by atoms with Gasteiger partial charge in [0, 0.05) is 11.3 Å². The summed E-state index contributed by atoms with van der Waals surface area (Å²) in [4.78, 5) is 11.8. The molecule has 0 saturated heterocycles. The summed E-state index contributed by atoms with van der Waals surface area (Å²) in [5, 5.41) is 6.97. The largest absolute Gasteiger partial charge is 0.416 e. The summed E-state index contributed by atoms with van der Waals surface area (Å²) in [5.74, 6) is -1.24. The van der Waals surface area contributed by atoms with Gasteiger partial charge in [0.2, 0.25) is 10.0 Å². The van der Waals surface area contributed by atoms with Gasteiger partial charge in [0.1, 0.15) is 0 Å². The first-order chi connectivity index (χ1) is 12.2. The summed E-state index contributed by atoms with van der Waals surface area (Å²) in [6.07, 6.45) is -10.2. The third kappa shape index (κ3) is 5.20. The number of alkyl halides is 6. The Morgan fingerprint density at radius 1 is 0.852 bits per heavy atom. The molecule has 3 N–H and O–H groups in total. The number of sulfonamides is 1. The highest BCUT2D eigenvalue weighted by molar-refractivity contribution is 7.89. The van der Waals surface area contributed by atoms with Gasteiger partial charge in [-0.25, -0.2) is 13.6 Å². The van der Waals surface area contributed by atoms with E-state index in [0.717, 1.165) is 24.3 Å². The highest BCUT2D eigenvalue weighted by Crippen LogP contribution is 2.36. The Hall–Kier alpha value is -2.60. The number of carbonyl (C=O) groups is 1. The third-order valence-electron chi connectivity index (χ3n) is 3.29. The molecular weight excluding hydrogens is 402 g/mol. The maximum Gasteiger partial charge on any atom is 0.416 e. The molecule has 0 atom stereocenters. The molecule has 0 heterocycles. The lowest BCUT2D eigenvalue weighted by Gasteiger charge is -2.14.